The van der Waals surface area contributed by atoms with E-state index in [2.05, 4.69) is 15.6 Å². The highest BCUT2D eigenvalue weighted by Gasteiger charge is 2.11. The molecule has 0 bridgehead atoms. The number of furan rings is 1. The number of carbonyl (C=O) groups excluding carboxylic acids is 1. The molecule has 78 valence electrons. The summed E-state index contributed by atoms with van der Waals surface area (Å²) in [7, 11) is 1.47. The van der Waals surface area contributed by atoms with Crippen LogP contribution in [-0.4, -0.2) is 19.1 Å². The predicted molar refractivity (Wildman–Crippen MR) is 50.2 cm³/mol. The zero-order valence-corrected chi connectivity index (χ0v) is 8.24. The fourth-order valence-corrected chi connectivity index (χ4v) is 0.971. The third kappa shape index (κ3) is 3.20. The summed E-state index contributed by atoms with van der Waals surface area (Å²) in [6.45, 7) is 2.10. The molecular weight excluding hydrogens is 184 g/mol. The number of carbonyl (C=O) groups is 1. The Hall–Kier alpha value is -1.33. The standard InChI is InChI=1S/C9H14N2O3/c1-7(11-13-2)9(12)10-6-8-4-3-5-14-8/h3-5,7,11H,6H2,1-2H3,(H,10,12). The summed E-state index contributed by atoms with van der Waals surface area (Å²) >= 11 is 0. The van der Waals surface area contributed by atoms with Gasteiger partial charge in [-0.3, -0.25) is 4.79 Å². The summed E-state index contributed by atoms with van der Waals surface area (Å²) < 4.78 is 5.06. The van der Waals surface area contributed by atoms with Crippen molar-refractivity contribution in [2.24, 2.45) is 0 Å². The molecule has 0 aliphatic heterocycles. The molecule has 5 heteroatoms. The highest BCUT2D eigenvalue weighted by molar-refractivity contribution is 5.80. The van der Waals surface area contributed by atoms with Gasteiger partial charge in [-0.05, 0) is 19.1 Å². The minimum atomic E-state index is -0.380. The number of hydrogen-bond acceptors (Lipinski definition) is 4. The second-order valence-corrected chi connectivity index (χ2v) is 2.84. The van der Waals surface area contributed by atoms with Crippen molar-refractivity contribution in [3.63, 3.8) is 0 Å². The van der Waals surface area contributed by atoms with Gasteiger partial charge in [0.2, 0.25) is 5.91 Å². The van der Waals surface area contributed by atoms with Crippen LogP contribution in [0.5, 0.6) is 0 Å². The zero-order chi connectivity index (χ0) is 10.4. The molecule has 5 nitrogen and oxygen atoms in total. The fourth-order valence-electron chi connectivity index (χ4n) is 0.971. The second-order valence-electron chi connectivity index (χ2n) is 2.84. The first-order valence-electron chi connectivity index (χ1n) is 4.32. The number of hydrogen-bond donors (Lipinski definition) is 2. The fraction of sp³-hybridized carbons (Fsp3) is 0.444. The van der Waals surface area contributed by atoms with Gasteiger partial charge in [0.15, 0.2) is 0 Å². The Morgan fingerprint density at radius 3 is 3.07 bits per heavy atom. The Kier molecular flexibility index (Phi) is 4.15. The third-order valence-corrected chi connectivity index (χ3v) is 1.70. The molecule has 0 saturated carbocycles. The van der Waals surface area contributed by atoms with Crippen LogP contribution in [0.3, 0.4) is 0 Å². The first kappa shape index (κ1) is 10.7. The van der Waals surface area contributed by atoms with Crippen LogP contribution in [0.25, 0.3) is 0 Å². The molecule has 0 spiro atoms. The van der Waals surface area contributed by atoms with Crippen molar-refractivity contribution >= 4 is 5.91 Å². The van der Waals surface area contributed by atoms with Crippen LogP contribution < -0.4 is 10.8 Å². The van der Waals surface area contributed by atoms with Crippen LogP contribution in [0.4, 0.5) is 0 Å². The summed E-state index contributed by atoms with van der Waals surface area (Å²) in [5.41, 5.74) is 2.53. The van der Waals surface area contributed by atoms with Crippen LogP contribution in [-0.2, 0) is 16.2 Å². The summed E-state index contributed by atoms with van der Waals surface area (Å²) in [6.07, 6.45) is 1.57. The van der Waals surface area contributed by atoms with Gasteiger partial charge in [0.05, 0.1) is 19.9 Å². The van der Waals surface area contributed by atoms with E-state index >= 15 is 0 Å². The molecule has 0 fully saturated rings. The smallest absolute Gasteiger partial charge is 0.239 e. The molecule has 1 amide bonds. The number of rotatable bonds is 5. The topological polar surface area (TPSA) is 63.5 Å². The molecule has 1 aromatic rings. The lowest BCUT2D eigenvalue weighted by atomic mass is 10.3. The largest absolute Gasteiger partial charge is 0.467 e. The van der Waals surface area contributed by atoms with Gasteiger partial charge in [-0.15, -0.1) is 0 Å². The van der Waals surface area contributed by atoms with Crippen molar-refractivity contribution in [3.05, 3.63) is 24.2 Å². The SMILES string of the molecule is CONC(C)C(=O)NCc1ccco1. The van der Waals surface area contributed by atoms with Crippen molar-refractivity contribution in [2.45, 2.75) is 19.5 Å². The van der Waals surface area contributed by atoms with E-state index in [0.29, 0.717) is 6.54 Å². The Morgan fingerprint density at radius 1 is 1.71 bits per heavy atom. The van der Waals surface area contributed by atoms with Gasteiger partial charge in [0, 0.05) is 0 Å². The molecule has 0 aliphatic carbocycles. The molecule has 0 aliphatic rings. The summed E-state index contributed by atoms with van der Waals surface area (Å²) in [4.78, 5) is 16.0. The maximum absolute atomic E-state index is 11.3. The summed E-state index contributed by atoms with van der Waals surface area (Å²) in [5, 5.41) is 2.69. The lowest BCUT2D eigenvalue weighted by Crippen LogP contribution is -2.41. The minimum absolute atomic E-state index is 0.136. The molecule has 14 heavy (non-hydrogen) atoms. The van der Waals surface area contributed by atoms with Crippen LogP contribution in [0.2, 0.25) is 0 Å². The highest BCUT2D eigenvalue weighted by atomic mass is 16.6. The van der Waals surface area contributed by atoms with Crippen LogP contribution in [0, 0.1) is 0 Å². The molecule has 1 unspecified atom stereocenters. The number of hydroxylamine groups is 1. The van der Waals surface area contributed by atoms with Crippen molar-refractivity contribution < 1.29 is 14.0 Å². The van der Waals surface area contributed by atoms with E-state index in [1.807, 2.05) is 0 Å². The summed E-state index contributed by atoms with van der Waals surface area (Å²) in [6, 6.07) is 3.20. The Bertz CT molecular complexity index is 272. The molecule has 1 rings (SSSR count). The van der Waals surface area contributed by atoms with Gasteiger partial charge in [0.25, 0.3) is 0 Å². The maximum Gasteiger partial charge on any atom is 0.239 e. The van der Waals surface area contributed by atoms with Gasteiger partial charge >= 0.3 is 0 Å². The molecule has 0 aromatic carbocycles. The average Bonchev–Trinajstić information content (AvgIpc) is 2.67. The van der Waals surface area contributed by atoms with E-state index in [-0.39, 0.29) is 11.9 Å². The van der Waals surface area contributed by atoms with Crippen molar-refractivity contribution in [2.75, 3.05) is 7.11 Å². The van der Waals surface area contributed by atoms with Gasteiger partial charge < -0.3 is 14.6 Å². The van der Waals surface area contributed by atoms with E-state index in [4.69, 9.17) is 4.42 Å². The molecular formula is C9H14N2O3. The molecule has 0 radical (unpaired) electrons. The highest BCUT2D eigenvalue weighted by Crippen LogP contribution is 1.98. The van der Waals surface area contributed by atoms with Crippen LogP contribution in [0.1, 0.15) is 12.7 Å². The Balaban J connectivity index is 2.27. The third-order valence-electron chi connectivity index (χ3n) is 1.70. The molecule has 1 atom stereocenters. The normalized spacial score (nSPS) is 12.4. The minimum Gasteiger partial charge on any atom is -0.467 e. The van der Waals surface area contributed by atoms with Crippen LogP contribution >= 0.6 is 0 Å². The van der Waals surface area contributed by atoms with E-state index < -0.39 is 0 Å². The quantitative estimate of drug-likeness (QED) is 0.674. The van der Waals surface area contributed by atoms with Gasteiger partial charge in [-0.2, -0.15) is 5.48 Å². The van der Waals surface area contributed by atoms with Crippen molar-refractivity contribution in [1.29, 1.82) is 0 Å². The van der Waals surface area contributed by atoms with E-state index in [9.17, 15) is 4.79 Å². The van der Waals surface area contributed by atoms with E-state index in [1.165, 1.54) is 7.11 Å². The second kappa shape index (κ2) is 5.41. The average molecular weight is 198 g/mol. The Morgan fingerprint density at radius 2 is 2.50 bits per heavy atom. The van der Waals surface area contributed by atoms with Gasteiger partial charge in [0.1, 0.15) is 11.8 Å². The van der Waals surface area contributed by atoms with E-state index in [0.717, 1.165) is 5.76 Å². The zero-order valence-electron chi connectivity index (χ0n) is 8.24. The lowest BCUT2D eigenvalue weighted by molar-refractivity contribution is -0.126. The van der Waals surface area contributed by atoms with Gasteiger partial charge in [-0.1, -0.05) is 0 Å². The van der Waals surface area contributed by atoms with Crippen LogP contribution in [0.15, 0.2) is 22.8 Å². The molecule has 1 heterocycles. The Labute approximate surface area is 82.4 Å². The monoisotopic (exact) mass is 198 g/mol. The maximum atomic E-state index is 11.3. The number of amides is 1. The molecule has 2 N–H and O–H groups in total. The predicted octanol–water partition coefficient (Wildman–Crippen LogP) is 0.435. The summed E-state index contributed by atoms with van der Waals surface area (Å²) in [5.74, 6) is 0.589. The first-order chi connectivity index (χ1) is 6.74. The van der Waals surface area contributed by atoms with Crippen molar-refractivity contribution in [1.82, 2.24) is 10.8 Å². The van der Waals surface area contributed by atoms with E-state index in [1.54, 1.807) is 25.3 Å². The first-order valence-corrected chi connectivity index (χ1v) is 4.32. The number of nitrogens with one attached hydrogen (secondary N) is 2. The van der Waals surface area contributed by atoms with Crippen molar-refractivity contribution in [3.8, 4) is 0 Å². The van der Waals surface area contributed by atoms with Gasteiger partial charge in [-0.25, -0.2) is 0 Å². The lowest BCUT2D eigenvalue weighted by Gasteiger charge is -2.10. The molecule has 0 saturated heterocycles. The molecule has 1 aromatic heterocycles.